The average Bonchev–Trinajstić information content (AvgIpc) is 2.72. The fraction of sp³-hybridized carbons (Fsp3) is 0.652. The Morgan fingerprint density at radius 3 is 1.90 bits per heavy atom. The van der Waals surface area contributed by atoms with Crippen LogP contribution in [0.1, 0.15) is 89.5 Å². The maximum absolute atomic E-state index is 13.5. The summed E-state index contributed by atoms with van der Waals surface area (Å²) in [5, 5.41) is 0. The second kappa shape index (κ2) is 15.7. The standard InChI is InChI=1S/C23H33F3O4/c1-2-3-4-5-6-7-8-9-10-16-29-21(27)12-11-13-22(28)30-17-18-19(24)14-15-20(25)23(18)26/h14-15H,2-13,16-17H2,1H3. The Kier molecular flexibility index (Phi) is 13.6. The van der Waals surface area contributed by atoms with Gasteiger partial charge in [0, 0.05) is 12.8 Å². The van der Waals surface area contributed by atoms with E-state index in [2.05, 4.69) is 6.92 Å². The lowest BCUT2D eigenvalue weighted by Crippen LogP contribution is -2.10. The predicted octanol–water partition coefficient (Wildman–Crippen LogP) is 6.39. The van der Waals surface area contributed by atoms with E-state index in [4.69, 9.17) is 9.47 Å². The highest BCUT2D eigenvalue weighted by atomic mass is 19.2. The molecule has 0 aliphatic carbocycles. The summed E-state index contributed by atoms with van der Waals surface area (Å²) in [6.45, 7) is 1.88. The van der Waals surface area contributed by atoms with Gasteiger partial charge in [-0.05, 0) is 25.0 Å². The van der Waals surface area contributed by atoms with Crippen molar-refractivity contribution in [2.75, 3.05) is 6.61 Å². The van der Waals surface area contributed by atoms with Crippen molar-refractivity contribution in [3.8, 4) is 0 Å². The molecular weight excluding hydrogens is 397 g/mol. The Hall–Kier alpha value is -2.05. The third-order valence-electron chi connectivity index (χ3n) is 4.79. The van der Waals surface area contributed by atoms with E-state index in [0.717, 1.165) is 25.3 Å². The molecule has 170 valence electrons. The van der Waals surface area contributed by atoms with Gasteiger partial charge in [-0.25, -0.2) is 13.2 Å². The minimum Gasteiger partial charge on any atom is -0.466 e. The van der Waals surface area contributed by atoms with Gasteiger partial charge in [0.25, 0.3) is 0 Å². The van der Waals surface area contributed by atoms with Gasteiger partial charge in [0.15, 0.2) is 11.6 Å². The second-order valence-corrected chi connectivity index (χ2v) is 7.38. The monoisotopic (exact) mass is 430 g/mol. The number of rotatable bonds is 16. The van der Waals surface area contributed by atoms with E-state index < -0.39 is 35.6 Å². The fourth-order valence-electron chi connectivity index (χ4n) is 2.97. The van der Waals surface area contributed by atoms with E-state index in [0.29, 0.717) is 12.7 Å². The Balaban J connectivity index is 2.03. The van der Waals surface area contributed by atoms with Crippen LogP contribution in [0.3, 0.4) is 0 Å². The highest BCUT2D eigenvalue weighted by molar-refractivity contribution is 5.72. The minimum absolute atomic E-state index is 0.0647. The number of unbranched alkanes of at least 4 members (excludes halogenated alkanes) is 8. The number of benzene rings is 1. The van der Waals surface area contributed by atoms with E-state index in [-0.39, 0.29) is 25.2 Å². The normalized spacial score (nSPS) is 10.8. The highest BCUT2D eigenvalue weighted by Gasteiger charge is 2.16. The fourth-order valence-corrected chi connectivity index (χ4v) is 2.97. The van der Waals surface area contributed by atoms with Crippen molar-refractivity contribution >= 4 is 11.9 Å². The zero-order chi connectivity index (χ0) is 22.2. The van der Waals surface area contributed by atoms with Gasteiger partial charge in [-0.3, -0.25) is 9.59 Å². The highest BCUT2D eigenvalue weighted by Crippen LogP contribution is 2.17. The molecule has 0 N–H and O–H groups in total. The van der Waals surface area contributed by atoms with Crippen LogP contribution in [0, 0.1) is 17.5 Å². The summed E-state index contributed by atoms with van der Waals surface area (Å²) in [7, 11) is 0. The van der Waals surface area contributed by atoms with Crippen molar-refractivity contribution in [2.24, 2.45) is 0 Å². The zero-order valence-electron chi connectivity index (χ0n) is 17.8. The molecule has 0 heterocycles. The lowest BCUT2D eigenvalue weighted by molar-refractivity contribution is -0.146. The topological polar surface area (TPSA) is 52.6 Å². The Labute approximate surface area is 177 Å². The minimum atomic E-state index is -1.37. The van der Waals surface area contributed by atoms with Crippen LogP contribution in [0.5, 0.6) is 0 Å². The molecule has 0 amide bonds. The van der Waals surface area contributed by atoms with Gasteiger partial charge in [0.05, 0.1) is 12.2 Å². The van der Waals surface area contributed by atoms with Crippen molar-refractivity contribution in [2.45, 2.75) is 90.6 Å². The van der Waals surface area contributed by atoms with Crippen LogP contribution < -0.4 is 0 Å². The third kappa shape index (κ3) is 11.2. The first-order valence-corrected chi connectivity index (χ1v) is 10.9. The van der Waals surface area contributed by atoms with Crippen LogP contribution in [0.4, 0.5) is 13.2 Å². The molecule has 7 heteroatoms. The van der Waals surface area contributed by atoms with Gasteiger partial charge in [-0.1, -0.05) is 58.3 Å². The second-order valence-electron chi connectivity index (χ2n) is 7.38. The molecular formula is C23H33F3O4. The Morgan fingerprint density at radius 2 is 1.27 bits per heavy atom. The molecule has 30 heavy (non-hydrogen) atoms. The number of hydrogen-bond acceptors (Lipinski definition) is 4. The smallest absolute Gasteiger partial charge is 0.306 e. The first-order chi connectivity index (χ1) is 14.5. The van der Waals surface area contributed by atoms with Gasteiger partial charge in [0.2, 0.25) is 0 Å². The van der Waals surface area contributed by atoms with Crippen molar-refractivity contribution in [3.05, 3.63) is 35.1 Å². The van der Waals surface area contributed by atoms with Gasteiger partial charge in [0.1, 0.15) is 12.4 Å². The van der Waals surface area contributed by atoms with Crippen molar-refractivity contribution in [3.63, 3.8) is 0 Å². The summed E-state index contributed by atoms with van der Waals surface area (Å²) in [5.74, 6) is -4.67. The average molecular weight is 431 g/mol. The molecule has 4 nitrogen and oxygen atoms in total. The van der Waals surface area contributed by atoms with Gasteiger partial charge >= 0.3 is 11.9 Å². The Morgan fingerprint density at radius 1 is 0.733 bits per heavy atom. The lowest BCUT2D eigenvalue weighted by atomic mass is 10.1. The van der Waals surface area contributed by atoms with Crippen LogP contribution in [-0.4, -0.2) is 18.5 Å². The zero-order valence-corrected chi connectivity index (χ0v) is 17.8. The van der Waals surface area contributed by atoms with E-state index in [1.54, 1.807) is 0 Å². The van der Waals surface area contributed by atoms with E-state index >= 15 is 0 Å². The van der Waals surface area contributed by atoms with Gasteiger partial charge in [-0.15, -0.1) is 0 Å². The molecule has 1 rings (SSSR count). The molecule has 0 atom stereocenters. The van der Waals surface area contributed by atoms with Crippen LogP contribution in [0.15, 0.2) is 12.1 Å². The summed E-state index contributed by atoms with van der Waals surface area (Å²) in [6, 6.07) is 1.43. The number of halogens is 3. The molecule has 1 aromatic rings. The first-order valence-electron chi connectivity index (χ1n) is 10.9. The van der Waals surface area contributed by atoms with Crippen molar-refractivity contribution in [1.29, 1.82) is 0 Å². The van der Waals surface area contributed by atoms with Gasteiger partial charge in [-0.2, -0.15) is 0 Å². The summed E-state index contributed by atoms with van der Waals surface area (Å²) >= 11 is 0. The molecule has 0 aromatic heterocycles. The number of ether oxygens (including phenoxy) is 2. The van der Waals surface area contributed by atoms with Crippen LogP contribution in [0.25, 0.3) is 0 Å². The molecule has 0 saturated carbocycles. The summed E-state index contributed by atoms with van der Waals surface area (Å²) < 4.78 is 49.9. The first kappa shape index (κ1) is 26.0. The molecule has 0 spiro atoms. The molecule has 0 bridgehead atoms. The lowest BCUT2D eigenvalue weighted by Gasteiger charge is -2.08. The number of carbonyl (C=O) groups excluding carboxylic acids is 2. The molecule has 0 aliphatic rings. The van der Waals surface area contributed by atoms with Crippen LogP contribution >= 0.6 is 0 Å². The van der Waals surface area contributed by atoms with Crippen LogP contribution in [-0.2, 0) is 25.7 Å². The number of esters is 2. The molecule has 0 saturated heterocycles. The number of hydrogen-bond donors (Lipinski definition) is 0. The summed E-state index contributed by atoms with van der Waals surface area (Å²) in [6.07, 6.45) is 10.8. The molecule has 0 aliphatic heterocycles. The van der Waals surface area contributed by atoms with E-state index in [9.17, 15) is 22.8 Å². The SMILES string of the molecule is CCCCCCCCCCCOC(=O)CCCC(=O)OCc1c(F)ccc(F)c1F. The molecule has 0 unspecified atom stereocenters. The predicted molar refractivity (Wildman–Crippen MR) is 108 cm³/mol. The van der Waals surface area contributed by atoms with Crippen molar-refractivity contribution in [1.82, 2.24) is 0 Å². The van der Waals surface area contributed by atoms with Gasteiger partial charge < -0.3 is 9.47 Å². The molecule has 0 fully saturated rings. The Bertz CT molecular complexity index is 650. The molecule has 0 radical (unpaired) electrons. The maximum Gasteiger partial charge on any atom is 0.306 e. The third-order valence-corrected chi connectivity index (χ3v) is 4.79. The number of carbonyl (C=O) groups is 2. The van der Waals surface area contributed by atoms with Crippen LogP contribution in [0.2, 0.25) is 0 Å². The maximum atomic E-state index is 13.5. The van der Waals surface area contributed by atoms with E-state index in [1.807, 2.05) is 0 Å². The summed E-state index contributed by atoms with van der Waals surface area (Å²) in [4.78, 5) is 23.3. The van der Waals surface area contributed by atoms with E-state index in [1.165, 1.54) is 38.5 Å². The molecule has 1 aromatic carbocycles. The summed E-state index contributed by atoms with van der Waals surface area (Å²) in [5.41, 5.74) is -0.635. The quantitative estimate of drug-likeness (QED) is 0.173. The largest absolute Gasteiger partial charge is 0.466 e. The van der Waals surface area contributed by atoms with Crippen molar-refractivity contribution < 1.29 is 32.2 Å².